The summed E-state index contributed by atoms with van der Waals surface area (Å²) < 4.78 is 11.4. The highest BCUT2D eigenvalue weighted by Crippen LogP contribution is 2.24. The van der Waals surface area contributed by atoms with Gasteiger partial charge in [0.2, 0.25) is 5.91 Å². The number of aliphatic hydroxyl groups is 5. The van der Waals surface area contributed by atoms with Gasteiger partial charge in [-0.1, -0.05) is 404 Å². The molecule has 1 aliphatic heterocycles. The highest BCUT2D eigenvalue weighted by molar-refractivity contribution is 5.76. The molecule has 90 heavy (non-hydrogen) atoms. The van der Waals surface area contributed by atoms with Crippen LogP contribution in [0.4, 0.5) is 0 Å². The molecule has 9 nitrogen and oxygen atoms in total. The van der Waals surface area contributed by atoms with Crippen LogP contribution in [0, 0.1) is 0 Å². The van der Waals surface area contributed by atoms with Crippen LogP contribution in [-0.4, -0.2) is 87.5 Å². The van der Waals surface area contributed by atoms with E-state index in [-0.39, 0.29) is 12.5 Å². The number of amides is 1. The second-order valence-electron chi connectivity index (χ2n) is 28.6. The molecule has 0 aromatic heterocycles. The first-order chi connectivity index (χ1) is 44.3. The molecule has 0 aromatic carbocycles. The van der Waals surface area contributed by atoms with Crippen LogP contribution < -0.4 is 5.32 Å². The maximum Gasteiger partial charge on any atom is 0.220 e. The largest absolute Gasteiger partial charge is 0.394 e. The van der Waals surface area contributed by atoms with Gasteiger partial charge in [0.1, 0.15) is 24.4 Å². The number of hydrogen-bond donors (Lipinski definition) is 6. The molecule has 1 aliphatic rings. The van der Waals surface area contributed by atoms with Gasteiger partial charge in [-0.15, -0.1) is 0 Å². The number of unbranched alkanes of at least 4 members (excludes halogenated alkanes) is 61. The number of aliphatic hydroxyl groups excluding tert-OH is 5. The third-order valence-corrected chi connectivity index (χ3v) is 19.8. The first-order valence-electron chi connectivity index (χ1n) is 40.6. The first-order valence-corrected chi connectivity index (χ1v) is 40.6. The Morgan fingerprint density at radius 2 is 0.622 bits per heavy atom. The highest BCUT2D eigenvalue weighted by atomic mass is 16.7. The van der Waals surface area contributed by atoms with E-state index in [0.717, 1.165) is 38.5 Å². The lowest BCUT2D eigenvalue weighted by Gasteiger charge is -2.40. The van der Waals surface area contributed by atoms with Crippen LogP contribution in [0.15, 0.2) is 24.3 Å². The fourth-order valence-electron chi connectivity index (χ4n) is 13.5. The lowest BCUT2D eigenvalue weighted by molar-refractivity contribution is -0.302. The van der Waals surface area contributed by atoms with E-state index in [1.165, 1.54) is 372 Å². The van der Waals surface area contributed by atoms with Crippen molar-refractivity contribution in [2.45, 2.75) is 474 Å². The van der Waals surface area contributed by atoms with Gasteiger partial charge < -0.3 is 40.3 Å². The summed E-state index contributed by atoms with van der Waals surface area (Å²) in [6.45, 7) is 3.85. The predicted octanol–water partition coefficient (Wildman–Crippen LogP) is 23.2. The molecule has 0 spiro atoms. The van der Waals surface area contributed by atoms with Crippen LogP contribution in [0.2, 0.25) is 0 Å². The summed E-state index contributed by atoms with van der Waals surface area (Å²) in [5.74, 6) is -0.166. The number of nitrogens with one attached hydrogen (secondary N) is 1. The molecule has 0 aromatic rings. The van der Waals surface area contributed by atoms with Crippen molar-refractivity contribution < 1.29 is 39.8 Å². The predicted molar refractivity (Wildman–Crippen MR) is 387 cm³/mol. The Bertz CT molecular complexity index is 1480. The van der Waals surface area contributed by atoms with Crippen molar-refractivity contribution >= 4 is 5.91 Å². The Labute approximate surface area is 559 Å². The highest BCUT2D eigenvalue weighted by Gasteiger charge is 2.44. The third kappa shape index (κ3) is 58.1. The van der Waals surface area contributed by atoms with Gasteiger partial charge in [-0.05, 0) is 44.9 Å². The Morgan fingerprint density at radius 3 is 0.900 bits per heavy atom. The van der Waals surface area contributed by atoms with Crippen molar-refractivity contribution in [2.24, 2.45) is 0 Å². The fourth-order valence-corrected chi connectivity index (χ4v) is 13.5. The fraction of sp³-hybridized carbons (Fsp3) is 0.938. The third-order valence-electron chi connectivity index (χ3n) is 19.8. The Balaban J connectivity index is 2.05. The summed E-state index contributed by atoms with van der Waals surface area (Å²) in [5.41, 5.74) is 0. The maximum atomic E-state index is 13.2. The van der Waals surface area contributed by atoms with Crippen LogP contribution >= 0.6 is 0 Å². The van der Waals surface area contributed by atoms with Crippen molar-refractivity contribution in [3.05, 3.63) is 24.3 Å². The molecule has 0 saturated carbocycles. The summed E-state index contributed by atoms with van der Waals surface area (Å²) >= 11 is 0. The van der Waals surface area contributed by atoms with E-state index >= 15 is 0 Å². The lowest BCUT2D eigenvalue weighted by atomic mass is 9.99. The maximum absolute atomic E-state index is 13.2. The van der Waals surface area contributed by atoms with Crippen molar-refractivity contribution in [3.63, 3.8) is 0 Å². The molecular formula is C81H157NO8. The van der Waals surface area contributed by atoms with Crippen LogP contribution in [0.1, 0.15) is 431 Å². The van der Waals surface area contributed by atoms with E-state index in [1.807, 2.05) is 6.08 Å². The van der Waals surface area contributed by atoms with E-state index in [9.17, 15) is 30.3 Å². The monoisotopic (exact) mass is 1270 g/mol. The van der Waals surface area contributed by atoms with Gasteiger partial charge >= 0.3 is 0 Å². The molecule has 0 radical (unpaired) electrons. The number of rotatable bonds is 73. The van der Waals surface area contributed by atoms with Gasteiger partial charge in [0.15, 0.2) is 6.29 Å². The average Bonchev–Trinajstić information content (AvgIpc) is 1.28. The molecule has 1 fully saturated rings. The standard InChI is InChI=1S/C81H157NO8/c1-3-5-7-9-11-13-15-17-19-21-23-25-27-29-31-33-35-37-38-39-41-43-45-47-49-51-53-55-57-59-61-63-65-67-69-71-77(85)82-74(73-89-81-80(88)79(87)78(86)76(72-83)90-81)75(84)70-68-66-64-62-60-58-56-54-52-50-48-46-44-42-40-36-34-32-30-28-26-24-22-20-18-16-14-12-10-8-6-4-2/h21,23,68,70,74-76,78-81,83-84,86-88H,3-20,22,24-67,69,71-73H2,1-2H3,(H,82,85)/b23-21-,70-68+. The molecule has 1 heterocycles. The molecule has 0 aliphatic carbocycles. The van der Waals surface area contributed by atoms with E-state index in [4.69, 9.17) is 9.47 Å². The zero-order valence-electron chi connectivity index (χ0n) is 60.2. The van der Waals surface area contributed by atoms with E-state index in [0.29, 0.717) is 6.42 Å². The van der Waals surface area contributed by atoms with Crippen molar-refractivity contribution in [3.8, 4) is 0 Å². The Morgan fingerprint density at radius 1 is 0.367 bits per heavy atom. The van der Waals surface area contributed by atoms with E-state index in [2.05, 4.69) is 31.3 Å². The number of ether oxygens (including phenoxy) is 2. The summed E-state index contributed by atoms with van der Waals surface area (Å²) in [4.78, 5) is 13.2. The molecule has 1 amide bonds. The second kappa shape index (κ2) is 70.5. The van der Waals surface area contributed by atoms with Crippen LogP contribution in [0.25, 0.3) is 0 Å². The summed E-state index contributed by atoms with van der Waals surface area (Å²) in [5, 5.41) is 54.9. The van der Waals surface area contributed by atoms with Gasteiger partial charge in [-0.3, -0.25) is 4.79 Å². The number of allylic oxidation sites excluding steroid dienone is 3. The number of carbonyl (C=O) groups is 1. The van der Waals surface area contributed by atoms with Crippen LogP contribution in [-0.2, 0) is 14.3 Å². The van der Waals surface area contributed by atoms with Gasteiger partial charge in [0, 0.05) is 6.42 Å². The minimum absolute atomic E-state index is 0.166. The molecule has 534 valence electrons. The summed E-state index contributed by atoms with van der Waals surface area (Å²) in [6.07, 6.45) is 87.7. The zero-order chi connectivity index (χ0) is 64.9. The quantitative estimate of drug-likeness (QED) is 0.0261. The van der Waals surface area contributed by atoms with Crippen molar-refractivity contribution in [1.82, 2.24) is 5.32 Å². The molecular weight excluding hydrogens is 1110 g/mol. The first kappa shape index (κ1) is 86.7. The SMILES string of the molecule is CCCCCCCCCC/C=C\CCCCCCCCCCCCCCCCCCCCCCCCCC(=O)NC(COC1OC(CO)C(O)C(O)C1O)C(O)/C=C/CCCCCCCCCCCCCCCCCCCCCCCCCCCCCCCC. The zero-order valence-corrected chi connectivity index (χ0v) is 60.2. The Hall–Kier alpha value is -1.33. The average molecular weight is 1270 g/mol. The van der Waals surface area contributed by atoms with Crippen LogP contribution in [0.5, 0.6) is 0 Å². The lowest BCUT2D eigenvalue weighted by Crippen LogP contribution is -2.60. The number of hydrogen-bond acceptors (Lipinski definition) is 8. The summed E-state index contributed by atoms with van der Waals surface area (Å²) in [7, 11) is 0. The number of carbonyl (C=O) groups excluding carboxylic acids is 1. The van der Waals surface area contributed by atoms with Gasteiger partial charge in [0.05, 0.1) is 25.4 Å². The summed E-state index contributed by atoms with van der Waals surface area (Å²) in [6, 6.07) is -0.804. The molecule has 1 saturated heterocycles. The van der Waals surface area contributed by atoms with Gasteiger partial charge in [0.25, 0.3) is 0 Å². The molecule has 1 rings (SSSR count). The minimum Gasteiger partial charge on any atom is -0.394 e. The normalized spacial score (nSPS) is 17.8. The van der Waals surface area contributed by atoms with Crippen molar-refractivity contribution in [1.29, 1.82) is 0 Å². The minimum atomic E-state index is -1.57. The smallest absolute Gasteiger partial charge is 0.220 e. The van der Waals surface area contributed by atoms with Crippen molar-refractivity contribution in [2.75, 3.05) is 13.2 Å². The van der Waals surface area contributed by atoms with E-state index < -0.39 is 49.5 Å². The second-order valence-corrected chi connectivity index (χ2v) is 28.6. The topological polar surface area (TPSA) is 149 Å². The molecule has 7 atom stereocenters. The Kier molecular flexibility index (Phi) is 67.9. The molecule has 7 unspecified atom stereocenters. The van der Waals surface area contributed by atoms with Gasteiger partial charge in [-0.2, -0.15) is 0 Å². The van der Waals surface area contributed by atoms with E-state index in [1.54, 1.807) is 6.08 Å². The van der Waals surface area contributed by atoms with Crippen LogP contribution in [0.3, 0.4) is 0 Å². The molecule has 6 N–H and O–H groups in total. The molecule has 9 heteroatoms. The molecule has 0 bridgehead atoms. The van der Waals surface area contributed by atoms with Gasteiger partial charge in [-0.25, -0.2) is 0 Å².